The fourth-order valence-electron chi connectivity index (χ4n) is 3.14. The lowest BCUT2D eigenvalue weighted by molar-refractivity contribution is -0.122. The summed E-state index contributed by atoms with van der Waals surface area (Å²) in [6, 6.07) is 15.7. The summed E-state index contributed by atoms with van der Waals surface area (Å²) < 4.78 is 6.19. The van der Waals surface area contributed by atoms with Gasteiger partial charge in [0.05, 0.1) is 13.7 Å². The highest BCUT2D eigenvalue weighted by Gasteiger charge is 2.43. The molecule has 1 heterocycles. The fourth-order valence-corrected chi connectivity index (χ4v) is 3.55. The van der Waals surface area contributed by atoms with Crippen LogP contribution in [0.5, 0.6) is 5.75 Å². The van der Waals surface area contributed by atoms with Crippen molar-refractivity contribution in [3.63, 3.8) is 0 Å². The number of carbonyl (C=O) groups is 1. The molecule has 2 atom stereocenters. The minimum Gasteiger partial charge on any atom is -0.497 e. The Kier molecular flexibility index (Phi) is 4.94. The van der Waals surface area contributed by atoms with E-state index < -0.39 is 0 Å². The first-order valence-electron chi connectivity index (χ1n) is 8.73. The average Bonchev–Trinajstić information content (AvgIpc) is 3.36. The summed E-state index contributed by atoms with van der Waals surface area (Å²) in [4.78, 5) is 16.8. The summed E-state index contributed by atoms with van der Waals surface area (Å²) in [5.41, 5.74) is 2.09. The number of aromatic nitrogens is 3. The van der Waals surface area contributed by atoms with Crippen molar-refractivity contribution < 1.29 is 9.53 Å². The summed E-state index contributed by atoms with van der Waals surface area (Å²) in [5.74, 6) is 2.40. The molecule has 2 unspecified atom stereocenters. The molecule has 27 heavy (non-hydrogen) atoms. The lowest BCUT2D eigenvalue weighted by atomic mass is 10.1. The van der Waals surface area contributed by atoms with Crippen LogP contribution in [0, 0.1) is 5.92 Å². The van der Waals surface area contributed by atoms with Crippen molar-refractivity contribution >= 4 is 21.8 Å². The van der Waals surface area contributed by atoms with Gasteiger partial charge in [0, 0.05) is 16.0 Å². The number of rotatable bonds is 6. The normalized spacial score (nSPS) is 18.1. The number of hydrogen-bond acceptors (Lipinski definition) is 4. The van der Waals surface area contributed by atoms with E-state index in [0.717, 1.165) is 22.2 Å². The van der Waals surface area contributed by atoms with E-state index in [0.29, 0.717) is 24.1 Å². The molecule has 4 rings (SSSR count). The first kappa shape index (κ1) is 17.7. The van der Waals surface area contributed by atoms with Gasteiger partial charge >= 0.3 is 0 Å². The summed E-state index contributed by atoms with van der Waals surface area (Å²) >= 11 is 3.48. The number of hydrogen-bond donors (Lipinski definition) is 2. The molecule has 2 N–H and O–H groups in total. The molecular weight excluding hydrogens is 408 g/mol. The van der Waals surface area contributed by atoms with Crippen LogP contribution < -0.4 is 10.1 Å². The summed E-state index contributed by atoms with van der Waals surface area (Å²) in [6.45, 7) is 0.337. The molecule has 1 aliphatic carbocycles. The number of carbonyl (C=O) groups excluding carboxylic acids is 1. The smallest absolute Gasteiger partial charge is 0.224 e. The third kappa shape index (κ3) is 4.03. The van der Waals surface area contributed by atoms with Crippen LogP contribution in [-0.4, -0.2) is 28.2 Å². The maximum absolute atomic E-state index is 12.4. The number of methoxy groups -OCH3 is 1. The Bertz CT molecular complexity index is 955. The van der Waals surface area contributed by atoms with Crippen molar-refractivity contribution in [3.05, 3.63) is 64.4 Å². The third-order valence-electron chi connectivity index (χ3n) is 4.71. The lowest BCUT2D eigenvalue weighted by Crippen LogP contribution is -2.25. The van der Waals surface area contributed by atoms with Gasteiger partial charge in [-0.05, 0) is 54.3 Å². The SMILES string of the molecule is COc1ccc(-c2n[nH]c(CNC(=O)C3CC3c3cccc(Br)c3)n2)cc1. The summed E-state index contributed by atoms with van der Waals surface area (Å²) in [5, 5.41) is 10.1. The van der Waals surface area contributed by atoms with Crippen LogP contribution in [-0.2, 0) is 11.3 Å². The van der Waals surface area contributed by atoms with E-state index >= 15 is 0 Å². The maximum Gasteiger partial charge on any atom is 0.224 e. The highest BCUT2D eigenvalue weighted by molar-refractivity contribution is 9.10. The number of aromatic amines is 1. The Balaban J connectivity index is 1.33. The Morgan fingerprint density at radius 1 is 1.30 bits per heavy atom. The zero-order valence-corrected chi connectivity index (χ0v) is 16.4. The van der Waals surface area contributed by atoms with Gasteiger partial charge in [0.25, 0.3) is 0 Å². The summed E-state index contributed by atoms with van der Waals surface area (Å²) in [6.07, 6.45) is 0.885. The van der Waals surface area contributed by atoms with Gasteiger partial charge in [-0.3, -0.25) is 9.89 Å². The van der Waals surface area contributed by atoms with Crippen LogP contribution in [0.3, 0.4) is 0 Å². The van der Waals surface area contributed by atoms with Crippen molar-refractivity contribution in [2.45, 2.75) is 18.9 Å². The van der Waals surface area contributed by atoms with E-state index in [9.17, 15) is 4.79 Å². The number of ether oxygens (including phenoxy) is 1. The standard InChI is InChI=1S/C20H19BrN4O2/c1-27-15-7-5-12(6-8-15)19-23-18(24-25-19)11-22-20(26)17-10-16(17)13-3-2-4-14(21)9-13/h2-9,16-17H,10-11H2,1H3,(H,22,26)(H,23,24,25). The maximum atomic E-state index is 12.4. The molecule has 3 aromatic rings. The fraction of sp³-hybridized carbons (Fsp3) is 0.250. The molecular formula is C20H19BrN4O2. The number of halogens is 1. The molecule has 1 amide bonds. The second-order valence-electron chi connectivity index (χ2n) is 6.56. The molecule has 0 spiro atoms. The van der Waals surface area contributed by atoms with Crippen molar-refractivity contribution in [1.29, 1.82) is 0 Å². The van der Waals surface area contributed by atoms with Gasteiger partial charge in [-0.25, -0.2) is 4.98 Å². The highest BCUT2D eigenvalue weighted by Crippen LogP contribution is 2.47. The Morgan fingerprint density at radius 3 is 2.85 bits per heavy atom. The number of nitrogens with zero attached hydrogens (tertiary/aromatic N) is 2. The topological polar surface area (TPSA) is 79.9 Å². The quantitative estimate of drug-likeness (QED) is 0.629. The van der Waals surface area contributed by atoms with Gasteiger partial charge in [0.15, 0.2) is 5.82 Å². The summed E-state index contributed by atoms with van der Waals surface area (Å²) in [7, 11) is 1.63. The first-order valence-corrected chi connectivity index (χ1v) is 9.52. The minimum absolute atomic E-state index is 0.0308. The van der Waals surface area contributed by atoms with Crippen molar-refractivity contribution in [1.82, 2.24) is 20.5 Å². The highest BCUT2D eigenvalue weighted by atomic mass is 79.9. The van der Waals surface area contributed by atoms with Crippen LogP contribution in [0.25, 0.3) is 11.4 Å². The van der Waals surface area contributed by atoms with E-state index in [1.54, 1.807) is 7.11 Å². The van der Waals surface area contributed by atoms with Crippen LogP contribution in [0.15, 0.2) is 53.0 Å². The predicted octanol–water partition coefficient (Wildman–Crippen LogP) is 3.66. The van der Waals surface area contributed by atoms with E-state index in [-0.39, 0.29) is 11.8 Å². The molecule has 1 aliphatic rings. The Hall–Kier alpha value is -2.67. The number of amides is 1. The number of nitrogens with one attached hydrogen (secondary N) is 2. The molecule has 1 aromatic heterocycles. The molecule has 0 saturated heterocycles. The average molecular weight is 427 g/mol. The lowest BCUT2D eigenvalue weighted by Gasteiger charge is -2.03. The molecule has 1 fully saturated rings. The number of H-pyrrole nitrogens is 1. The van der Waals surface area contributed by atoms with E-state index in [2.05, 4.69) is 48.6 Å². The van der Waals surface area contributed by atoms with Gasteiger partial charge in [-0.2, -0.15) is 5.10 Å². The molecule has 0 radical (unpaired) electrons. The zero-order valence-electron chi connectivity index (χ0n) is 14.8. The Labute approximate surface area is 165 Å². The second-order valence-corrected chi connectivity index (χ2v) is 7.47. The molecule has 138 valence electrons. The van der Waals surface area contributed by atoms with Gasteiger partial charge < -0.3 is 10.1 Å². The van der Waals surface area contributed by atoms with Crippen LogP contribution in [0.2, 0.25) is 0 Å². The van der Waals surface area contributed by atoms with Gasteiger partial charge in [0.2, 0.25) is 5.91 Å². The van der Waals surface area contributed by atoms with Crippen molar-refractivity contribution in [2.75, 3.05) is 7.11 Å². The van der Waals surface area contributed by atoms with E-state index in [4.69, 9.17) is 4.74 Å². The van der Waals surface area contributed by atoms with Crippen LogP contribution in [0.1, 0.15) is 23.7 Å². The second kappa shape index (κ2) is 7.52. The minimum atomic E-state index is 0.0308. The van der Waals surface area contributed by atoms with Gasteiger partial charge in [-0.15, -0.1) is 0 Å². The molecule has 7 heteroatoms. The van der Waals surface area contributed by atoms with Gasteiger partial charge in [-0.1, -0.05) is 28.1 Å². The molecule has 1 saturated carbocycles. The first-order chi connectivity index (χ1) is 13.1. The van der Waals surface area contributed by atoms with Gasteiger partial charge in [0.1, 0.15) is 11.6 Å². The molecule has 0 bridgehead atoms. The molecule has 2 aromatic carbocycles. The van der Waals surface area contributed by atoms with Crippen molar-refractivity contribution in [3.8, 4) is 17.1 Å². The predicted molar refractivity (Wildman–Crippen MR) is 105 cm³/mol. The van der Waals surface area contributed by atoms with E-state index in [1.165, 1.54) is 5.56 Å². The molecule has 0 aliphatic heterocycles. The third-order valence-corrected chi connectivity index (χ3v) is 5.21. The number of benzene rings is 2. The largest absolute Gasteiger partial charge is 0.497 e. The van der Waals surface area contributed by atoms with Crippen molar-refractivity contribution in [2.24, 2.45) is 5.92 Å². The Morgan fingerprint density at radius 2 is 2.11 bits per heavy atom. The molecule has 6 nitrogen and oxygen atoms in total. The van der Waals surface area contributed by atoms with E-state index in [1.807, 2.05) is 36.4 Å². The van der Waals surface area contributed by atoms with Crippen LogP contribution in [0.4, 0.5) is 0 Å². The zero-order chi connectivity index (χ0) is 18.8. The monoisotopic (exact) mass is 426 g/mol. The van der Waals surface area contributed by atoms with Crippen LogP contribution >= 0.6 is 15.9 Å².